The maximum atomic E-state index is 12.7. The molecular weight excluding hydrogens is 280 g/mol. The number of aromatic nitrogens is 1. The van der Waals surface area contributed by atoms with Gasteiger partial charge < -0.3 is 20.7 Å². The van der Waals surface area contributed by atoms with E-state index in [0.717, 1.165) is 38.2 Å². The molecule has 0 spiro atoms. The second kappa shape index (κ2) is 7.07. The molecule has 2 fully saturated rings. The molecule has 1 saturated heterocycles. The van der Waals surface area contributed by atoms with Crippen molar-refractivity contribution in [3.8, 4) is 0 Å². The van der Waals surface area contributed by atoms with Gasteiger partial charge in [-0.3, -0.25) is 4.79 Å². The Kier molecular flexibility index (Phi) is 4.90. The number of pyridine rings is 1. The molecule has 1 amide bonds. The highest BCUT2D eigenvalue weighted by molar-refractivity contribution is 5.99. The molecule has 0 bridgehead atoms. The Hall–Kier alpha value is -1.66. The van der Waals surface area contributed by atoms with Gasteiger partial charge in [0.1, 0.15) is 5.82 Å². The van der Waals surface area contributed by atoms with E-state index in [0.29, 0.717) is 31.2 Å². The topological polar surface area (TPSA) is 80.5 Å². The number of carbonyl (C=O) groups excluding carboxylic acids is 1. The molecule has 1 aliphatic heterocycles. The maximum absolute atomic E-state index is 12.7. The van der Waals surface area contributed by atoms with Crippen molar-refractivity contribution in [2.24, 2.45) is 11.7 Å². The third kappa shape index (κ3) is 3.23. The standard InChI is InChI=1S/C16H24N4O2/c17-11-12-3-1-5-14(12)19-16(21)13-4-2-6-18-15(13)20-7-9-22-10-8-20/h2,4,6,12,14H,1,3,5,7-11,17H2,(H,19,21). The predicted molar refractivity (Wildman–Crippen MR) is 84.9 cm³/mol. The summed E-state index contributed by atoms with van der Waals surface area (Å²) in [4.78, 5) is 19.2. The molecule has 6 heteroatoms. The fourth-order valence-corrected chi connectivity index (χ4v) is 3.36. The van der Waals surface area contributed by atoms with Crippen molar-refractivity contribution in [1.82, 2.24) is 10.3 Å². The van der Waals surface area contributed by atoms with Crippen molar-refractivity contribution in [2.45, 2.75) is 25.3 Å². The van der Waals surface area contributed by atoms with Crippen molar-refractivity contribution in [3.05, 3.63) is 23.9 Å². The van der Waals surface area contributed by atoms with Crippen molar-refractivity contribution < 1.29 is 9.53 Å². The van der Waals surface area contributed by atoms with Gasteiger partial charge in [-0.25, -0.2) is 4.98 Å². The summed E-state index contributed by atoms with van der Waals surface area (Å²) in [5.41, 5.74) is 6.45. The molecule has 2 heterocycles. The van der Waals surface area contributed by atoms with Gasteiger partial charge in [0.2, 0.25) is 0 Å². The molecule has 2 atom stereocenters. The van der Waals surface area contributed by atoms with Crippen LogP contribution >= 0.6 is 0 Å². The van der Waals surface area contributed by atoms with Crippen LogP contribution in [0.5, 0.6) is 0 Å². The van der Waals surface area contributed by atoms with Gasteiger partial charge in [0, 0.05) is 25.3 Å². The Labute approximate surface area is 131 Å². The Morgan fingerprint density at radius 2 is 2.23 bits per heavy atom. The van der Waals surface area contributed by atoms with E-state index in [-0.39, 0.29) is 11.9 Å². The van der Waals surface area contributed by atoms with E-state index < -0.39 is 0 Å². The third-order valence-corrected chi connectivity index (χ3v) is 4.62. The van der Waals surface area contributed by atoms with Crippen molar-refractivity contribution in [3.63, 3.8) is 0 Å². The minimum Gasteiger partial charge on any atom is -0.378 e. The Bertz CT molecular complexity index is 517. The number of morpholine rings is 1. The predicted octanol–water partition coefficient (Wildman–Crippen LogP) is 0.775. The fraction of sp³-hybridized carbons (Fsp3) is 0.625. The first-order chi connectivity index (χ1) is 10.8. The number of amides is 1. The SMILES string of the molecule is NCC1CCCC1NC(=O)c1cccnc1N1CCOCC1. The van der Waals surface area contributed by atoms with Crippen LogP contribution in [0.4, 0.5) is 5.82 Å². The molecule has 1 saturated carbocycles. The van der Waals surface area contributed by atoms with E-state index in [2.05, 4.69) is 15.2 Å². The number of ether oxygens (including phenoxy) is 1. The lowest BCUT2D eigenvalue weighted by Gasteiger charge is -2.29. The number of nitrogens with one attached hydrogen (secondary N) is 1. The molecule has 0 radical (unpaired) electrons. The lowest BCUT2D eigenvalue weighted by atomic mass is 10.0. The molecule has 0 aromatic carbocycles. The molecule has 1 aliphatic carbocycles. The molecule has 6 nitrogen and oxygen atoms in total. The first kappa shape index (κ1) is 15.2. The van der Waals surface area contributed by atoms with Crippen LogP contribution in [0.2, 0.25) is 0 Å². The zero-order valence-corrected chi connectivity index (χ0v) is 12.8. The van der Waals surface area contributed by atoms with Gasteiger partial charge in [-0.05, 0) is 37.4 Å². The molecule has 120 valence electrons. The highest BCUT2D eigenvalue weighted by Crippen LogP contribution is 2.26. The first-order valence-electron chi connectivity index (χ1n) is 8.08. The monoisotopic (exact) mass is 304 g/mol. The van der Waals surface area contributed by atoms with Gasteiger partial charge in [-0.1, -0.05) is 6.42 Å². The summed E-state index contributed by atoms with van der Waals surface area (Å²) in [6.07, 6.45) is 4.99. The first-order valence-corrected chi connectivity index (χ1v) is 8.08. The number of hydrogen-bond acceptors (Lipinski definition) is 5. The number of nitrogens with zero attached hydrogens (tertiary/aromatic N) is 2. The fourth-order valence-electron chi connectivity index (χ4n) is 3.36. The molecule has 3 N–H and O–H groups in total. The summed E-state index contributed by atoms with van der Waals surface area (Å²) < 4.78 is 5.37. The molecule has 2 aliphatic rings. The van der Waals surface area contributed by atoms with Gasteiger partial charge in [0.25, 0.3) is 5.91 Å². The van der Waals surface area contributed by atoms with E-state index in [9.17, 15) is 4.79 Å². The lowest BCUT2D eigenvalue weighted by Crippen LogP contribution is -2.42. The highest BCUT2D eigenvalue weighted by atomic mass is 16.5. The normalized spacial score (nSPS) is 25.2. The quantitative estimate of drug-likeness (QED) is 0.859. The summed E-state index contributed by atoms with van der Waals surface area (Å²) >= 11 is 0. The van der Waals surface area contributed by atoms with E-state index in [1.807, 2.05) is 12.1 Å². The number of hydrogen-bond donors (Lipinski definition) is 2. The molecule has 1 aromatic heterocycles. The zero-order valence-electron chi connectivity index (χ0n) is 12.8. The van der Waals surface area contributed by atoms with Crippen LogP contribution in [0.25, 0.3) is 0 Å². The summed E-state index contributed by atoms with van der Waals surface area (Å²) in [5.74, 6) is 1.11. The third-order valence-electron chi connectivity index (χ3n) is 4.62. The minimum absolute atomic E-state index is 0.0417. The van der Waals surface area contributed by atoms with Gasteiger partial charge in [-0.2, -0.15) is 0 Å². The van der Waals surface area contributed by atoms with Crippen LogP contribution in [0, 0.1) is 5.92 Å². The number of rotatable bonds is 4. The van der Waals surface area contributed by atoms with Gasteiger partial charge in [0.15, 0.2) is 0 Å². The van der Waals surface area contributed by atoms with Crippen LogP contribution in [0.1, 0.15) is 29.6 Å². The highest BCUT2D eigenvalue weighted by Gasteiger charge is 2.29. The van der Waals surface area contributed by atoms with E-state index in [4.69, 9.17) is 10.5 Å². The molecule has 22 heavy (non-hydrogen) atoms. The minimum atomic E-state index is -0.0417. The maximum Gasteiger partial charge on any atom is 0.255 e. The van der Waals surface area contributed by atoms with Gasteiger partial charge in [-0.15, -0.1) is 0 Å². The van der Waals surface area contributed by atoms with Crippen LogP contribution < -0.4 is 16.0 Å². The average Bonchev–Trinajstić information content (AvgIpc) is 3.03. The van der Waals surface area contributed by atoms with Gasteiger partial charge >= 0.3 is 0 Å². The Morgan fingerprint density at radius 3 is 3.00 bits per heavy atom. The van der Waals surface area contributed by atoms with Crippen molar-refractivity contribution in [1.29, 1.82) is 0 Å². The van der Waals surface area contributed by atoms with Crippen LogP contribution in [0.15, 0.2) is 18.3 Å². The Morgan fingerprint density at radius 1 is 1.41 bits per heavy atom. The summed E-state index contributed by atoms with van der Waals surface area (Å²) in [6, 6.07) is 3.85. The van der Waals surface area contributed by atoms with Gasteiger partial charge in [0.05, 0.1) is 18.8 Å². The lowest BCUT2D eigenvalue weighted by molar-refractivity contribution is 0.0927. The van der Waals surface area contributed by atoms with Crippen LogP contribution in [-0.4, -0.2) is 49.8 Å². The van der Waals surface area contributed by atoms with E-state index >= 15 is 0 Å². The average molecular weight is 304 g/mol. The number of anilines is 1. The van der Waals surface area contributed by atoms with Crippen molar-refractivity contribution in [2.75, 3.05) is 37.7 Å². The molecule has 3 rings (SSSR count). The molecule has 2 unspecified atom stereocenters. The molecule has 1 aromatic rings. The second-order valence-corrected chi connectivity index (χ2v) is 5.98. The summed E-state index contributed by atoms with van der Waals surface area (Å²) in [5, 5.41) is 3.16. The zero-order chi connectivity index (χ0) is 15.4. The Balaban J connectivity index is 1.74. The summed E-state index contributed by atoms with van der Waals surface area (Å²) in [7, 11) is 0. The number of carbonyl (C=O) groups is 1. The van der Waals surface area contributed by atoms with Crippen LogP contribution in [-0.2, 0) is 4.74 Å². The van der Waals surface area contributed by atoms with Crippen molar-refractivity contribution >= 4 is 11.7 Å². The van der Waals surface area contributed by atoms with E-state index in [1.165, 1.54) is 0 Å². The van der Waals surface area contributed by atoms with Crippen LogP contribution in [0.3, 0.4) is 0 Å². The number of nitrogens with two attached hydrogens (primary N) is 1. The second-order valence-electron chi connectivity index (χ2n) is 5.98. The smallest absolute Gasteiger partial charge is 0.255 e. The summed E-state index contributed by atoms with van der Waals surface area (Å²) in [6.45, 7) is 3.53. The largest absolute Gasteiger partial charge is 0.378 e. The molecular formula is C16H24N4O2. The van der Waals surface area contributed by atoms with E-state index in [1.54, 1.807) is 6.20 Å².